The van der Waals surface area contributed by atoms with Gasteiger partial charge in [-0.2, -0.15) is 0 Å². The molecule has 0 fully saturated rings. The Morgan fingerprint density at radius 1 is 1.12 bits per heavy atom. The molecule has 0 N–H and O–H groups in total. The third-order valence-corrected chi connectivity index (χ3v) is 3.58. The Balaban J connectivity index is 2.39. The van der Waals surface area contributed by atoms with Crippen LogP contribution in [0.15, 0.2) is 35.5 Å². The van der Waals surface area contributed by atoms with Gasteiger partial charge in [0, 0.05) is 12.2 Å². The number of hydrogen-bond donors (Lipinski definition) is 0. The number of carbonyl (C=O) groups is 2. The lowest BCUT2D eigenvalue weighted by molar-refractivity contribution is -0.140. The first kappa shape index (κ1) is 18.0. The summed E-state index contributed by atoms with van der Waals surface area (Å²) in [5.74, 6) is -1.21. The molecule has 0 saturated carbocycles. The van der Waals surface area contributed by atoms with Gasteiger partial charge >= 0.3 is 11.9 Å². The molecule has 7 nitrogen and oxygen atoms in total. The molecule has 0 atom stereocenters. The molecule has 1 heterocycles. The van der Waals surface area contributed by atoms with Crippen molar-refractivity contribution in [1.82, 2.24) is 4.90 Å². The van der Waals surface area contributed by atoms with Crippen LogP contribution in [-0.4, -0.2) is 58.5 Å². The van der Waals surface area contributed by atoms with Gasteiger partial charge in [0.05, 0.1) is 26.4 Å². The third kappa shape index (κ3) is 3.93. The topological polar surface area (TPSA) is 68.3 Å². The molecule has 24 heavy (non-hydrogen) atoms. The lowest BCUT2D eigenvalue weighted by Gasteiger charge is -2.31. The average molecular weight is 334 g/mol. The van der Waals surface area contributed by atoms with Gasteiger partial charge in [0.25, 0.3) is 0 Å². The van der Waals surface area contributed by atoms with E-state index in [0.717, 1.165) is 17.8 Å². The molecule has 0 bridgehead atoms. The number of carbonyl (C=O) groups excluding carboxylic acids is 2. The van der Waals surface area contributed by atoms with Crippen molar-refractivity contribution in [2.24, 2.45) is 0 Å². The minimum atomic E-state index is -0.607. The normalized spacial score (nSPS) is 14.8. The Labute approximate surface area is 141 Å². The standard InChI is InChI=1S/C17H22N2O5/c1-18(2)9-12-5-7-13(8-6-12)19-11-24-10-14(16(20)22-3)15(19)17(21)23-4/h5-8H,9-11H2,1-4H3. The average Bonchev–Trinajstić information content (AvgIpc) is 2.60. The van der Waals surface area contributed by atoms with E-state index in [9.17, 15) is 9.59 Å². The van der Waals surface area contributed by atoms with Gasteiger partial charge in [0.15, 0.2) is 0 Å². The van der Waals surface area contributed by atoms with Gasteiger partial charge in [0.1, 0.15) is 12.4 Å². The lowest BCUT2D eigenvalue weighted by atomic mass is 10.1. The Morgan fingerprint density at radius 3 is 2.29 bits per heavy atom. The van der Waals surface area contributed by atoms with Crippen LogP contribution in [0, 0.1) is 0 Å². The van der Waals surface area contributed by atoms with Crippen LogP contribution in [0.4, 0.5) is 5.69 Å². The van der Waals surface area contributed by atoms with Gasteiger partial charge in [-0.05, 0) is 31.8 Å². The second-order valence-electron chi connectivity index (χ2n) is 5.62. The minimum absolute atomic E-state index is 0.00627. The van der Waals surface area contributed by atoms with E-state index in [4.69, 9.17) is 14.2 Å². The van der Waals surface area contributed by atoms with Gasteiger partial charge in [-0.1, -0.05) is 12.1 Å². The van der Waals surface area contributed by atoms with Crippen LogP contribution in [-0.2, 0) is 30.3 Å². The van der Waals surface area contributed by atoms with Crippen LogP contribution in [0.5, 0.6) is 0 Å². The zero-order valence-electron chi connectivity index (χ0n) is 14.4. The molecule has 2 rings (SSSR count). The zero-order valence-corrected chi connectivity index (χ0v) is 14.4. The summed E-state index contributed by atoms with van der Waals surface area (Å²) < 4.78 is 15.0. The van der Waals surface area contributed by atoms with E-state index in [1.54, 1.807) is 4.90 Å². The predicted octanol–water partition coefficient (Wildman–Crippen LogP) is 1.14. The van der Waals surface area contributed by atoms with Gasteiger partial charge < -0.3 is 24.0 Å². The number of ether oxygens (including phenoxy) is 3. The molecule has 0 spiro atoms. The summed E-state index contributed by atoms with van der Waals surface area (Å²) in [6.07, 6.45) is 0. The lowest BCUT2D eigenvalue weighted by Crippen LogP contribution is -2.38. The van der Waals surface area contributed by atoms with E-state index in [1.165, 1.54) is 14.2 Å². The van der Waals surface area contributed by atoms with E-state index in [1.807, 2.05) is 38.4 Å². The molecule has 1 aliphatic heterocycles. The smallest absolute Gasteiger partial charge is 0.355 e. The van der Waals surface area contributed by atoms with E-state index < -0.39 is 11.9 Å². The van der Waals surface area contributed by atoms with Gasteiger partial charge in [-0.25, -0.2) is 9.59 Å². The first-order valence-electron chi connectivity index (χ1n) is 7.46. The van der Waals surface area contributed by atoms with E-state index in [0.29, 0.717) is 0 Å². The molecule has 0 radical (unpaired) electrons. The van der Waals surface area contributed by atoms with Crippen molar-refractivity contribution in [2.75, 3.05) is 46.6 Å². The molecule has 1 aliphatic rings. The summed E-state index contributed by atoms with van der Waals surface area (Å²) >= 11 is 0. The summed E-state index contributed by atoms with van der Waals surface area (Å²) in [4.78, 5) is 27.8. The molecular formula is C17H22N2O5. The Morgan fingerprint density at radius 2 is 1.75 bits per heavy atom. The number of benzene rings is 1. The van der Waals surface area contributed by atoms with Crippen molar-refractivity contribution in [3.05, 3.63) is 41.1 Å². The SMILES string of the molecule is COC(=O)C1=C(C(=O)OC)N(c2ccc(CN(C)C)cc2)COC1. The fourth-order valence-corrected chi connectivity index (χ4v) is 2.49. The van der Waals surface area contributed by atoms with Crippen molar-refractivity contribution in [3.63, 3.8) is 0 Å². The van der Waals surface area contributed by atoms with Crippen molar-refractivity contribution >= 4 is 17.6 Å². The Kier molecular flexibility index (Phi) is 5.94. The zero-order chi connectivity index (χ0) is 17.7. The summed E-state index contributed by atoms with van der Waals surface area (Å²) in [5.41, 5.74) is 2.17. The first-order chi connectivity index (χ1) is 11.5. The molecule has 130 valence electrons. The highest BCUT2D eigenvalue weighted by Crippen LogP contribution is 2.27. The summed E-state index contributed by atoms with van der Waals surface area (Å²) in [6.45, 7) is 0.966. The highest BCUT2D eigenvalue weighted by Gasteiger charge is 2.32. The highest BCUT2D eigenvalue weighted by molar-refractivity contribution is 6.03. The van der Waals surface area contributed by atoms with Crippen LogP contribution in [0.25, 0.3) is 0 Å². The van der Waals surface area contributed by atoms with Crippen molar-refractivity contribution in [1.29, 1.82) is 0 Å². The van der Waals surface area contributed by atoms with Crippen LogP contribution in [0.2, 0.25) is 0 Å². The predicted molar refractivity (Wildman–Crippen MR) is 88.2 cm³/mol. The summed E-state index contributed by atoms with van der Waals surface area (Å²) in [6, 6.07) is 7.70. The molecule has 1 aromatic carbocycles. The fourth-order valence-electron chi connectivity index (χ4n) is 2.49. The van der Waals surface area contributed by atoms with E-state index >= 15 is 0 Å². The van der Waals surface area contributed by atoms with Crippen LogP contribution in [0.1, 0.15) is 5.56 Å². The Bertz CT molecular complexity index is 637. The quantitative estimate of drug-likeness (QED) is 0.748. The Hall–Kier alpha value is -2.38. The van der Waals surface area contributed by atoms with E-state index in [2.05, 4.69) is 4.90 Å². The van der Waals surface area contributed by atoms with Gasteiger partial charge in [-0.3, -0.25) is 0 Å². The van der Waals surface area contributed by atoms with Crippen molar-refractivity contribution in [2.45, 2.75) is 6.54 Å². The largest absolute Gasteiger partial charge is 0.466 e. The van der Waals surface area contributed by atoms with Crippen molar-refractivity contribution in [3.8, 4) is 0 Å². The van der Waals surface area contributed by atoms with E-state index in [-0.39, 0.29) is 24.6 Å². The number of hydrogen-bond acceptors (Lipinski definition) is 7. The van der Waals surface area contributed by atoms with Gasteiger partial charge in [-0.15, -0.1) is 0 Å². The molecule has 0 saturated heterocycles. The first-order valence-corrected chi connectivity index (χ1v) is 7.46. The number of nitrogens with zero attached hydrogens (tertiary/aromatic N) is 2. The number of esters is 2. The second-order valence-corrected chi connectivity index (χ2v) is 5.62. The number of methoxy groups -OCH3 is 2. The molecule has 7 heteroatoms. The minimum Gasteiger partial charge on any atom is -0.466 e. The van der Waals surface area contributed by atoms with Gasteiger partial charge in [0.2, 0.25) is 0 Å². The monoisotopic (exact) mass is 334 g/mol. The molecule has 0 unspecified atom stereocenters. The maximum atomic E-state index is 12.2. The molecule has 0 amide bonds. The van der Waals surface area contributed by atoms with Crippen molar-refractivity contribution < 1.29 is 23.8 Å². The third-order valence-electron chi connectivity index (χ3n) is 3.58. The molecule has 0 aromatic heterocycles. The second kappa shape index (κ2) is 7.94. The fraction of sp³-hybridized carbons (Fsp3) is 0.412. The highest BCUT2D eigenvalue weighted by atomic mass is 16.5. The van der Waals surface area contributed by atoms with Crippen LogP contribution in [0.3, 0.4) is 0 Å². The number of rotatable bonds is 5. The molecular weight excluding hydrogens is 312 g/mol. The summed E-state index contributed by atoms with van der Waals surface area (Å²) in [5, 5.41) is 0. The molecule has 0 aliphatic carbocycles. The van der Waals surface area contributed by atoms with Crippen LogP contribution >= 0.6 is 0 Å². The maximum Gasteiger partial charge on any atom is 0.355 e. The number of anilines is 1. The molecule has 1 aromatic rings. The summed E-state index contributed by atoms with van der Waals surface area (Å²) in [7, 11) is 6.53. The maximum absolute atomic E-state index is 12.2. The van der Waals surface area contributed by atoms with Crippen LogP contribution < -0.4 is 4.90 Å².